The Kier molecular flexibility index (Phi) is 4.58. The van der Waals surface area contributed by atoms with Crippen molar-refractivity contribution in [2.45, 2.75) is 19.1 Å². The van der Waals surface area contributed by atoms with Crippen molar-refractivity contribution in [3.05, 3.63) is 22.6 Å². The summed E-state index contributed by atoms with van der Waals surface area (Å²) in [5, 5.41) is 12.5. The lowest BCUT2D eigenvalue weighted by molar-refractivity contribution is -0.144. The SMILES string of the molecule is C=C(C)[C@H](O)[C@H](N=[N+]=[N-])C(=O)OC. The van der Waals surface area contributed by atoms with Gasteiger partial charge >= 0.3 is 5.97 Å². The van der Waals surface area contributed by atoms with Gasteiger partial charge in [-0.3, -0.25) is 4.79 Å². The van der Waals surface area contributed by atoms with Crippen LogP contribution in [0.5, 0.6) is 0 Å². The van der Waals surface area contributed by atoms with Crippen molar-refractivity contribution in [3.63, 3.8) is 0 Å². The maximum Gasteiger partial charge on any atom is 0.317 e. The van der Waals surface area contributed by atoms with E-state index in [9.17, 15) is 9.90 Å². The molecule has 0 aliphatic heterocycles. The van der Waals surface area contributed by atoms with Crippen molar-refractivity contribution in [2.75, 3.05) is 7.11 Å². The van der Waals surface area contributed by atoms with Gasteiger partial charge in [0.15, 0.2) is 6.04 Å². The Bertz CT molecular complexity index is 258. The largest absolute Gasteiger partial charge is 0.469 e. The van der Waals surface area contributed by atoms with Crippen LogP contribution in [0.1, 0.15) is 6.92 Å². The highest BCUT2D eigenvalue weighted by atomic mass is 16.5. The van der Waals surface area contributed by atoms with Crippen LogP contribution >= 0.6 is 0 Å². The number of hydrogen-bond donors (Lipinski definition) is 1. The normalized spacial score (nSPS) is 13.8. The Hall–Kier alpha value is -1.52. The van der Waals surface area contributed by atoms with E-state index in [4.69, 9.17) is 5.53 Å². The summed E-state index contributed by atoms with van der Waals surface area (Å²) in [6, 6.07) is -1.26. The van der Waals surface area contributed by atoms with Crippen molar-refractivity contribution in [1.82, 2.24) is 0 Å². The third-order valence-electron chi connectivity index (χ3n) is 1.42. The summed E-state index contributed by atoms with van der Waals surface area (Å²) in [7, 11) is 1.15. The predicted octanol–water partition coefficient (Wildman–Crippen LogP) is 0.775. The maximum absolute atomic E-state index is 11.0. The number of ether oxygens (including phenoxy) is 1. The molecule has 0 aliphatic rings. The molecular weight excluding hydrogens is 174 g/mol. The van der Waals surface area contributed by atoms with Gasteiger partial charge in [0.2, 0.25) is 0 Å². The van der Waals surface area contributed by atoms with E-state index in [-0.39, 0.29) is 0 Å². The topological polar surface area (TPSA) is 95.3 Å². The number of hydrogen-bond acceptors (Lipinski definition) is 4. The molecular formula is C7H11N3O3. The van der Waals surface area contributed by atoms with Crippen LogP contribution < -0.4 is 0 Å². The Balaban J connectivity index is 4.69. The third kappa shape index (κ3) is 3.14. The molecule has 0 saturated carbocycles. The van der Waals surface area contributed by atoms with Crippen LogP contribution in [0.4, 0.5) is 0 Å². The molecule has 0 saturated heterocycles. The fourth-order valence-electron chi connectivity index (χ4n) is 0.685. The second-order valence-corrected chi connectivity index (χ2v) is 2.46. The zero-order valence-corrected chi connectivity index (χ0v) is 7.47. The number of azide groups is 1. The first-order valence-corrected chi connectivity index (χ1v) is 3.50. The van der Waals surface area contributed by atoms with Crippen molar-refractivity contribution in [3.8, 4) is 0 Å². The van der Waals surface area contributed by atoms with E-state index in [0.29, 0.717) is 5.57 Å². The van der Waals surface area contributed by atoms with Crippen LogP contribution in [0.25, 0.3) is 10.4 Å². The number of nitrogens with zero attached hydrogens (tertiary/aromatic N) is 3. The standard InChI is InChI=1S/C7H11N3O3/c1-4(2)6(11)5(9-10-8)7(12)13-3/h5-6,11H,1H2,2-3H3/t5-,6-/m0/s1. The summed E-state index contributed by atoms with van der Waals surface area (Å²) in [5.41, 5.74) is 8.46. The van der Waals surface area contributed by atoms with Crippen LogP contribution in [0.15, 0.2) is 17.3 Å². The van der Waals surface area contributed by atoms with Gasteiger partial charge in [-0.1, -0.05) is 17.3 Å². The molecule has 0 radical (unpaired) electrons. The number of aliphatic hydroxyl groups excluding tert-OH is 1. The smallest absolute Gasteiger partial charge is 0.317 e. The molecule has 13 heavy (non-hydrogen) atoms. The first-order valence-electron chi connectivity index (χ1n) is 3.50. The Labute approximate surface area is 75.4 Å². The fraction of sp³-hybridized carbons (Fsp3) is 0.571. The molecule has 0 bridgehead atoms. The van der Waals surface area contributed by atoms with Crippen LogP contribution in [-0.2, 0) is 9.53 Å². The first-order chi connectivity index (χ1) is 6.04. The van der Waals surface area contributed by atoms with Crippen LogP contribution in [-0.4, -0.2) is 30.3 Å². The number of esters is 1. The van der Waals surface area contributed by atoms with Gasteiger partial charge in [0.25, 0.3) is 0 Å². The zero-order chi connectivity index (χ0) is 10.4. The van der Waals surface area contributed by atoms with Crippen molar-refractivity contribution >= 4 is 5.97 Å². The fourth-order valence-corrected chi connectivity index (χ4v) is 0.685. The first kappa shape index (κ1) is 11.5. The van der Waals surface area contributed by atoms with E-state index >= 15 is 0 Å². The van der Waals surface area contributed by atoms with Gasteiger partial charge in [-0.2, -0.15) is 0 Å². The highest BCUT2D eigenvalue weighted by Crippen LogP contribution is 2.09. The molecule has 0 amide bonds. The van der Waals surface area contributed by atoms with Crippen molar-refractivity contribution in [1.29, 1.82) is 0 Å². The monoisotopic (exact) mass is 185 g/mol. The number of carbonyl (C=O) groups is 1. The average Bonchev–Trinajstić information content (AvgIpc) is 2.11. The highest BCUT2D eigenvalue weighted by molar-refractivity contribution is 5.77. The van der Waals surface area contributed by atoms with E-state index in [0.717, 1.165) is 7.11 Å². The summed E-state index contributed by atoms with van der Waals surface area (Å²) in [5.74, 6) is -0.784. The van der Waals surface area contributed by atoms with Gasteiger partial charge < -0.3 is 9.84 Å². The summed E-state index contributed by atoms with van der Waals surface area (Å²) < 4.78 is 4.33. The van der Waals surface area contributed by atoms with Crippen LogP contribution in [0.2, 0.25) is 0 Å². The lowest BCUT2D eigenvalue weighted by Gasteiger charge is -2.15. The molecule has 0 rings (SSSR count). The van der Waals surface area contributed by atoms with E-state index in [1.54, 1.807) is 0 Å². The second kappa shape index (κ2) is 5.18. The van der Waals surface area contributed by atoms with Gasteiger partial charge in [0.1, 0.15) is 0 Å². The van der Waals surface area contributed by atoms with Crippen LogP contribution in [0.3, 0.4) is 0 Å². The van der Waals surface area contributed by atoms with Gasteiger partial charge in [-0.05, 0) is 12.5 Å². The van der Waals surface area contributed by atoms with E-state index < -0.39 is 18.1 Å². The van der Waals surface area contributed by atoms with E-state index in [1.807, 2.05) is 0 Å². The Morgan fingerprint density at radius 3 is 2.62 bits per heavy atom. The number of aliphatic hydroxyl groups is 1. The molecule has 0 aromatic carbocycles. The number of rotatable bonds is 4. The van der Waals surface area contributed by atoms with Gasteiger partial charge in [-0.15, -0.1) is 0 Å². The minimum Gasteiger partial charge on any atom is -0.469 e. The lowest BCUT2D eigenvalue weighted by atomic mass is 10.1. The molecule has 0 heterocycles. The second-order valence-electron chi connectivity index (χ2n) is 2.46. The Morgan fingerprint density at radius 2 is 2.31 bits per heavy atom. The van der Waals surface area contributed by atoms with Crippen LogP contribution in [0, 0.1) is 0 Å². The third-order valence-corrected chi connectivity index (χ3v) is 1.42. The minimum absolute atomic E-state index is 0.336. The summed E-state index contributed by atoms with van der Waals surface area (Å²) in [4.78, 5) is 13.4. The predicted molar refractivity (Wildman–Crippen MR) is 45.8 cm³/mol. The number of carbonyl (C=O) groups excluding carboxylic acids is 1. The van der Waals surface area contributed by atoms with E-state index in [2.05, 4.69) is 21.3 Å². The lowest BCUT2D eigenvalue weighted by Crippen LogP contribution is -2.33. The molecule has 0 aromatic rings. The summed E-state index contributed by atoms with van der Waals surface area (Å²) in [6.45, 7) is 4.96. The molecule has 6 heteroatoms. The maximum atomic E-state index is 11.0. The molecule has 6 nitrogen and oxygen atoms in total. The molecule has 0 aromatic heterocycles. The van der Waals surface area contributed by atoms with Gasteiger partial charge in [0, 0.05) is 4.91 Å². The molecule has 2 atom stereocenters. The quantitative estimate of drug-likeness (QED) is 0.230. The molecule has 0 unspecified atom stereocenters. The number of methoxy groups -OCH3 is 1. The summed E-state index contributed by atoms with van der Waals surface area (Å²) in [6.07, 6.45) is -1.21. The van der Waals surface area contributed by atoms with Crippen molar-refractivity contribution in [2.24, 2.45) is 5.11 Å². The molecule has 0 fully saturated rings. The molecule has 1 N–H and O–H groups in total. The summed E-state index contributed by atoms with van der Waals surface area (Å²) >= 11 is 0. The zero-order valence-electron chi connectivity index (χ0n) is 7.47. The molecule has 0 aliphatic carbocycles. The minimum atomic E-state index is -1.26. The molecule has 0 spiro atoms. The van der Waals surface area contributed by atoms with E-state index in [1.165, 1.54) is 6.92 Å². The van der Waals surface area contributed by atoms with Gasteiger partial charge in [-0.25, -0.2) is 0 Å². The van der Waals surface area contributed by atoms with Gasteiger partial charge in [0.05, 0.1) is 13.2 Å². The highest BCUT2D eigenvalue weighted by Gasteiger charge is 2.26. The average molecular weight is 185 g/mol. The molecule has 72 valence electrons. The Morgan fingerprint density at radius 1 is 1.77 bits per heavy atom. The van der Waals surface area contributed by atoms with Crippen molar-refractivity contribution < 1.29 is 14.6 Å².